The first-order valence-corrected chi connectivity index (χ1v) is 14.1. The standard InChI is InChI=1S/C30H28Cl2N4O5/c1-3-23(35-30(39)34-19-11-10-17-12-18(29(37)38)14-33-24(17)13-19)25(4-2)40-15-20-27(36-41-28(20)16-8-9-16)26-21(31)6-5-7-22(26)32/h5-7,10-14,16,25H,3-4,8-9,15H2,1-2H3,(H,34,39)(H,37,38)/b35-23+. The monoisotopic (exact) mass is 594 g/mol. The lowest BCUT2D eigenvalue weighted by Gasteiger charge is -2.18. The van der Waals surface area contributed by atoms with Gasteiger partial charge < -0.3 is 19.7 Å². The Hall–Kier alpha value is -3.79. The quantitative estimate of drug-likeness (QED) is 0.177. The number of hydrogen-bond donors (Lipinski definition) is 2. The van der Waals surface area contributed by atoms with Gasteiger partial charge in [0.1, 0.15) is 11.5 Å². The number of nitrogens with zero attached hydrogens (tertiary/aromatic N) is 3. The highest BCUT2D eigenvalue weighted by molar-refractivity contribution is 6.39. The van der Waals surface area contributed by atoms with Crippen LogP contribution in [0.4, 0.5) is 10.5 Å². The summed E-state index contributed by atoms with van der Waals surface area (Å²) in [5, 5.41) is 17.8. The zero-order valence-electron chi connectivity index (χ0n) is 22.5. The molecular formula is C30H28Cl2N4O5. The molecule has 2 aromatic heterocycles. The largest absolute Gasteiger partial charge is 0.478 e. The number of pyridine rings is 1. The maximum absolute atomic E-state index is 12.9. The van der Waals surface area contributed by atoms with Gasteiger partial charge in [-0.15, -0.1) is 0 Å². The number of aliphatic imine (C=N–C) groups is 1. The van der Waals surface area contributed by atoms with Crippen LogP contribution in [0, 0.1) is 0 Å². The van der Waals surface area contributed by atoms with Crippen molar-refractivity contribution in [1.82, 2.24) is 10.1 Å². The van der Waals surface area contributed by atoms with Crippen LogP contribution >= 0.6 is 23.2 Å². The zero-order valence-corrected chi connectivity index (χ0v) is 24.0. The molecule has 2 N–H and O–H groups in total. The van der Waals surface area contributed by atoms with Crippen LogP contribution in [0.2, 0.25) is 10.0 Å². The molecular weight excluding hydrogens is 567 g/mol. The molecule has 2 heterocycles. The Balaban J connectivity index is 1.33. The third-order valence-electron chi connectivity index (χ3n) is 6.93. The number of aromatic nitrogens is 2. The third kappa shape index (κ3) is 6.43. The van der Waals surface area contributed by atoms with Crippen molar-refractivity contribution in [3.8, 4) is 11.3 Å². The highest BCUT2D eigenvalue weighted by Gasteiger charge is 2.34. The van der Waals surface area contributed by atoms with E-state index < -0.39 is 18.1 Å². The van der Waals surface area contributed by atoms with Crippen molar-refractivity contribution in [3.05, 3.63) is 75.6 Å². The van der Waals surface area contributed by atoms with Gasteiger partial charge in [0.15, 0.2) is 0 Å². The molecule has 0 bridgehead atoms. The summed E-state index contributed by atoms with van der Waals surface area (Å²) in [4.78, 5) is 32.6. The maximum Gasteiger partial charge on any atom is 0.345 e. The van der Waals surface area contributed by atoms with Crippen molar-refractivity contribution in [3.63, 3.8) is 0 Å². The van der Waals surface area contributed by atoms with Gasteiger partial charge >= 0.3 is 12.0 Å². The summed E-state index contributed by atoms with van der Waals surface area (Å²) in [7, 11) is 0. The van der Waals surface area contributed by atoms with Gasteiger partial charge in [0.25, 0.3) is 0 Å². The summed E-state index contributed by atoms with van der Waals surface area (Å²) in [6.45, 7) is 4.08. The molecule has 2 amide bonds. The first kappa shape index (κ1) is 28.7. The minimum atomic E-state index is -1.05. The fraction of sp³-hybridized carbons (Fsp3) is 0.300. The van der Waals surface area contributed by atoms with E-state index >= 15 is 0 Å². The first-order chi connectivity index (χ1) is 19.8. The first-order valence-electron chi connectivity index (χ1n) is 13.3. The summed E-state index contributed by atoms with van der Waals surface area (Å²) in [5.74, 6) is 0.00925. The highest BCUT2D eigenvalue weighted by atomic mass is 35.5. The molecule has 1 atom stereocenters. The molecule has 0 saturated heterocycles. The van der Waals surface area contributed by atoms with Gasteiger partial charge in [-0.3, -0.25) is 4.98 Å². The van der Waals surface area contributed by atoms with Crippen LogP contribution in [-0.2, 0) is 11.3 Å². The van der Waals surface area contributed by atoms with Gasteiger partial charge in [0, 0.05) is 34.3 Å². The smallest absolute Gasteiger partial charge is 0.345 e. The molecule has 1 unspecified atom stereocenters. The second kappa shape index (κ2) is 12.4. The molecule has 5 rings (SSSR count). The van der Waals surface area contributed by atoms with Crippen LogP contribution in [0.1, 0.15) is 67.1 Å². The number of ether oxygens (including phenoxy) is 1. The van der Waals surface area contributed by atoms with E-state index in [1.165, 1.54) is 12.3 Å². The SMILES string of the molecule is CC/C(=N\C(=O)Nc1ccc2cc(C(=O)O)cnc2c1)C(CC)OCc1c(-c2c(Cl)cccc2Cl)noc1C1CC1. The lowest BCUT2D eigenvalue weighted by molar-refractivity contribution is 0.0696. The summed E-state index contributed by atoms with van der Waals surface area (Å²) in [5.41, 5.74) is 3.70. The lowest BCUT2D eigenvalue weighted by atomic mass is 10.0. The topological polar surface area (TPSA) is 127 Å². The third-order valence-corrected chi connectivity index (χ3v) is 7.56. The van der Waals surface area contributed by atoms with E-state index in [2.05, 4.69) is 20.4 Å². The number of fused-ring (bicyclic) bond motifs is 1. The Morgan fingerprint density at radius 3 is 2.59 bits per heavy atom. The van der Waals surface area contributed by atoms with Crippen LogP contribution in [0.25, 0.3) is 22.2 Å². The number of carboxylic acid groups (broad SMARTS) is 1. The Kier molecular flexibility index (Phi) is 8.68. The Labute approximate surface area is 246 Å². The number of anilines is 1. The summed E-state index contributed by atoms with van der Waals surface area (Å²) in [6.07, 6.45) is 3.99. The second-order valence-corrected chi connectivity index (χ2v) is 10.6. The Bertz CT molecular complexity index is 1630. The number of carbonyl (C=O) groups excluding carboxylic acids is 1. The lowest BCUT2D eigenvalue weighted by Crippen LogP contribution is -2.25. The van der Waals surface area contributed by atoms with Gasteiger partial charge in [-0.25, -0.2) is 14.6 Å². The number of hydrogen-bond acceptors (Lipinski definition) is 6. The molecule has 0 spiro atoms. The second-order valence-electron chi connectivity index (χ2n) is 9.78. The van der Waals surface area contributed by atoms with Gasteiger partial charge in [-0.05, 0) is 56.0 Å². The summed E-state index contributed by atoms with van der Waals surface area (Å²) in [6, 6.07) is 11.3. The average Bonchev–Trinajstić information content (AvgIpc) is 3.72. The van der Waals surface area contributed by atoms with Crippen LogP contribution < -0.4 is 5.32 Å². The fourth-order valence-electron chi connectivity index (χ4n) is 4.66. The van der Waals surface area contributed by atoms with Crippen molar-refractivity contribution in [2.24, 2.45) is 4.99 Å². The summed E-state index contributed by atoms with van der Waals surface area (Å²) >= 11 is 13.0. The van der Waals surface area contributed by atoms with Crippen molar-refractivity contribution in [2.45, 2.75) is 58.2 Å². The van der Waals surface area contributed by atoms with E-state index in [9.17, 15) is 9.59 Å². The van der Waals surface area contributed by atoms with Crippen LogP contribution in [-0.4, -0.2) is 39.1 Å². The molecule has 1 aliphatic rings. The minimum Gasteiger partial charge on any atom is -0.478 e. The van der Waals surface area contributed by atoms with E-state index in [0.717, 1.165) is 24.2 Å². The zero-order chi connectivity index (χ0) is 29.1. The van der Waals surface area contributed by atoms with Crippen LogP contribution in [0.3, 0.4) is 0 Å². The number of benzene rings is 2. The molecule has 4 aromatic rings. The van der Waals surface area contributed by atoms with Crippen LogP contribution in [0.15, 0.2) is 58.2 Å². The summed E-state index contributed by atoms with van der Waals surface area (Å²) < 4.78 is 12.1. The normalized spacial score (nSPS) is 14.3. The molecule has 9 nitrogen and oxygen atoms in total. The molecule has 212 valence electrons. The van der Waals surface area contributed by atoms with E-state index in [1.807, 2.05) is 13.8 Å². The minimum absolute atomic E-state index is 0.0922. The van der Waals surface area contributed by atoms with Gasteiger partial charge in [-0.1, -0.05) is 54.3 Å². The van der Waals surface area contributed by atoms with E-state index in [4.69, 9.17) is 37.6 Å². The predicted octanol–water partition coefficient (Wildman–Crippen LogP) is 8.15. The Morgan fingerprint density at radius 2 is 1.93 bits per heavy atom. The van der Waals surface area contributed by atoms with E-state index in [1.54, 1.807) is 36.4 Å². The molecule has 41 heavy (non-hydrogen) atoms. The highest BCUT2D eigenvalue weighted by Crippen LogP contribution is 2.46. The van der Waals surface area contributed by atoms with E-state index in [-0.39, 0.29) is 18.1 Å². The molecule has 1 aliphatic carbocycles. The number of halogens is 2. The van der Waals surface area contributed by atoms with Gasteiger partial charge in [0.05, 0.1) is 39.5 Å². The number of aromatic carboxylic acids is 1. The molecule has 0 radical (unpaired) electrons. The van der Waals surface area contributed by atoms with Crippen molar-refractivity contribution in [1.29, 1.82) is 0 Å². The van der Waals surface area contributed by atoms with Crippen molar-refractivity contribution < 1.29 is 24.0 Å². The molecule has 0 aliphatic heterocycles. The average molecular weight is 595 g/mol. The van der Waals surface area contributed by atoms with Crippen molar-refractivity contribution in [2.75, 3.05) is 5.32 Å². The number of amides is 2. The fourth-order valence-corrected chi connectivity index (χ4v) is 5.23. The number of urea groups is 1. The number of nitrogens with one attached hydrogen (secondary N) is 1. The molecule has 1 saturated carbocycles. The van der Waals surface area contributed by atoms with E-state index in [0.29, 0.717) is 56.4 Å². The number of carboxylic acids is 1. The number of carbonyl (C=O) groups is 2. The Morgan fingerprint density at radius 1 is 1.17 bits per heavy atom. The van der Waals surface area contributed by atoms with Gasteiger partial charge in [-0.2, -0.15) is 0 Å². The van der Waals surface area contributed by atoms with Crippen LogP contribution in [0.5, 0.6) is 0 Å². The van der Waals surface area contributed by atoms with Gasteiger partial charge in [0.2, 0.25) is 0 Å². The molecule has 2 aromatic carbocycles. The predicted molar refractivity (Wildman–Crippen MR) is 158 cm³/mol. The molecule has 1 fully saturated rings. The van der Waals surface area contributed by atoms with Crippen molar-refractivity contribution >= 4 is 57.5 Å². The number of rotatable bonds is 10. The molecule has 11 heteroatoms. The maximum atomic E-state index is 12.9.